The summed E-state index contributed by atoms with van der Waals surface area (Å²) in [6.45, 7) is 5.30. The van der Waals surface area contributed by atoms with E-state index in [0.29, 0.717) is 24.8 Å². The lowest BCUT2D eigenvalue weighted by molar-refractivity contribution is -0.121. The Morgan fingerprint density at radius 3 is 2.78 bits per heavy atom. The van der Waals surface area contributed by atoms with Crippen LogP contribution in [-0.4, -0.2) is 30.6 Å². The minimum absolute atomic E-state index is 0.0271. The van der Waals surface area contributed by atoms with Crippen molar-refractivity contribution in [3.8, 4) is 5.75 Å². The largest absolute Gasteiger partial charge is 0.491 e. The number of rotatable bonds is 7. The molecule has 1 rings (SSSR count). The Morgan fingerprint density at radius 1 is 1.44 bits per heavy atom. The van der Waals surface area contributed by atoms with Gasteiger partial charge in [-0.15, -0.1) is 0 Å². The molecule has 1 aromatic heterocycles. The zero-order valence-electron chi connectivity index (χ0n) is 11.2. The lowest BCUT2D eigenvalue weighted by Gasteiger charge is -2.08. The second-order valence-corrected chi connectivity index (χ2v) is 4.29. The zero-order valence-corrected chi connectivity index (χ0v) is 11.2. The van der Waals surface area contributed by atoms with Crippen LogP contribution in [0.3, 0.4) is 0 Å². The van der Waals surface area contributed by atoms with Crippen molar-refractivity contribution in [2.75, 3.05) is 13.7 Å². The average molecular weight is 251 g/mol. The maximum atomic E-state index is 11.0. The van der Waals surface area contributed by atoms with Crippen LogP contribution < -0.4 is 15.4 Å². The van der Waals surface area contributed by atoms with E-state index in [2.05, 4.69) is 29.5 Å². The second kappa shape index (κ2) is 7.66. The summed E-state index contributed by atoms with van der Waals surface area (Å²) in [6.07, 6.45) is 2.04. The lowest BCUT2D eigenvalue weighted by atomic mass is 10.3. The number of ether oxygens (including phenoxy) is 1. The van der Waals surface area contributed by atoms with Crippen molar-refractivity contribution in [2.45, 2.75) is 32.9 Å². The maximum absolute atomic E-state index is 11.0. The monoisotopic (exact) mass is 251 g/mol. The van der Waals surface area contributed by atoms with Gasteiger partial charge in [-0.1, -0.05) is 13.8 Å². The van der Waals surface area contributed by atoms with Crippen molar-refractivity contribution in [3.63, 3.8) is 0 Å². The fraction of sp³-hybridized carbons (Fsp3) is 0.538. The summed E-state index contributed by atoms with van der Waals surface area (Å²) in [5.74, 6) is 0.660. The average Bonchev–Trinajstić information content (AvgIpc) is 2.37. The van der Waals surface area contributed by atoms with Crippen LogP contribution in [-0.2, 0) is 11.3 Å². The van der Waals surface area contributed by atoms with E-state index in [9.17, 15) is 4.79 Å². The van der Waals surface area contributed by atoms with Gasteiger partial charge in [-0.2, -0.15) is 0 Å². The summed E-state index contributed by atoms with van der Waals surface area (Å²) < 4.78 is 5.42. The van der Waals surface area contributed by atoms with Crippen molar-refractivity contribution in [1.29, 1.82) is 0 Å². The summed E-state index contributed by atoms with van der Waals surface area (Å²) in [5, 5.41) is 5.84. The van der Waals surface area contributed by atoms with E-state index < -0.39 is 0 Å². The van der Waals surface area contributed by atoms with Crippen molar-refractivity contribution in [1.82, 2.24) is 15.6 Å². The Balaban J connectivity index is 2.33. The number of hydrogen-bond donors (Lipinski definition) is 2. The van der Waals surface area contributed by atoms with Crippen LogP contribution in [0.25, 0.3) is 0 Å². The highest BCUT2D eigenvalue weighted by Crippen LogP contribution is 2.09. The van der Waals surface area contributed by atoms with Crippen LogP contribution in [0, 0.1) is 0 Å². The summed E-state index contributed by atoms with van der Waals surface area (Å²) in [5.41, 5.74) is 0.974. The van der Waals surface area contributed by atoms with E-state index in [1.807, 2.05) is 12.1 Å². The third kappa shape index (κ3) is 5.63. The molecule has 2 N–H and O–H groups in total. The molecule has 0 aliphatic carbocycles. The highest BCUT2D eigenvalue weighted by atomic mass is 16.5. The van der Waals surface area contributed by atoms with E-state index in [4.69, 9.17) is 4.74 Å². The number of pyridine rings is 1. The molecule has 0 aromatic carbocycles. The molecule has 0 atom stereocenters. The van der Waals surface area contributed by atoms with Crippen LogP contribution in [0.5, 0.6) is 5.75 Å². The number of carbonyl (C=O) groups is 1. The maximum Gasteiger partial charge on any atom is 0.223 e. The first-order valence-corrected chi connectivity index (χ1v) is 6.13. The van der Waals surface area contributed by atoms with Gasteiger partial charge in [0.15, 0.2) is 0 Å². The van der Waals surface area contributed by atoms with E-state index in [-0.39, 0.29) is 5.91 Å². The molecule has 0 saturated carbocycles. The molecule has 100 valence electrons. The fourth-order valence-corrected chi connectivity index (χ4v) is 1.30. The van der Waals surface area contributed by atoms with Gasteiger partial charge in [0.05, 0.1) is 24.9 Å². The van der Waals surface area contributed by atoms with Crippen molar-refractivity contribution in [3.05, 3.63) is 24.0 Å². The first-order valence-electron chi connectivity index (χ1n) is 6.13. The van der Waals surface area contributed by atoms with Crippen LogP contribution in [0.2, 0.25) is 0 Å². The van der Waals surface area contributed by atoms with E-state index in [1.165, 1.54) is 0 Å². The predicted molar refractivity (Wildman–Crippen MR) is 70.4 cm³/mol. The molecule has 0 radical (unpaired) electrons. The molecule has 0 unspecified atom stereocenters. The second-order valence-electron chi connectivity index (χ2n) is 4.29. The molecule has 0 bridgehead atoms. The smallest absolute Gasteiger partial charge is 0.223 e. The standard InChI is InChI=1S/C13H21N3O2/c1-10(2)15-8-11-4-5-12(9-16-11)18-7-6-13(17)14-3/h4-5,9-10,15H,6-8H2,1-3H3,(H,14,17). The molecule has 0 aliphatic rings. The van der Waals surface area contributed by atoms with Crippen LogP contribution in [0.4, 0.5) is 0 Å². The Kier molecular flexibility index (Phi) is 6.14. The number of aromatic nitrogens is 1. The van der Waals surface area contributed by atoms with Crippen molar-refractivity contribution >= 4 is 5.91 Å². The minimum atomic E-state index is -0.0271. The van der Waals surface area contributed by atoms with Gasteiger partial charge in [-0.3, -0.25) is 9.78 Å². The van der Waals surface area contributed by atoms with Crippen LogP contribution in [0.1, 0.15) is 26.0 Å². The molecule has 1 amide bonds. The third-order valence-corrected chi connectivity index (χ3v) is 2.37. The minimum Gasteiger partial charge on any atom is -0.491 e. The number of hydrogen-bond acceptors (Lipinski definition) is 4. The summed E-state index contributed by atoms with van der Waals surface area (Å²) in [6, 6.07) is 4.23. The molecule has 1 aromatic rings. The van der Waals surface area contributed by atoms with Gasteiger partial charge < -0.3 is 15.4 Å². The molecule has 1 heterocycles. The number of nitrogens with one attached hydrogen (secondary N) is 2. The Morgan fingerprint density at radius 2 is 2.22 bits per heavy atom. The van der Waals surface area contributed by atoms with Gasteiger partial charge in [0.25, 0.3) is 0 Å². The third-order valence-electron chi connectivity index (χ3n) is 2.37. The molecule has 5 heteroatoms. The fourth-order valence-electron chi connectivity index (χ4n) is 1.30. The molecule has 0 aliphatic heterocycles. The van der Waals surface area contributed by atoms with Gasteiger partial charge in [-0.25, -0.2) is 0 Å². The molecule has 0 fully saturated rings. The predicted octanol–water partition coefficient (Wildman–Crippen LogP) is 1.09. The Labute approximate surface area is 108 Å². The van der Waals surface area contributed by atoms with E-state index in [0.717, 1.165) is 12.2 Å². The first-order chi connectivity index (χ1) is 8.61. The lowest BCUT2D eigenvalue weighted by Crippen LogP contribution is -2.22. The summed E-state index contributed by atoms with van der Waals surface area (Å²) >= 11 is 0. The molecular weight excluding hydrogens is 230 g/mol. The first kappa shape index (κ1) is 14.4. The number of amides is 1. The van der Waals surface area contributed by atoms with E-state index in [1.54, 1.807) is 13.2 Å². The topological polar surface area (TPSA) is 63.2 Å². The quantitative estimate of drug-likeness (QED) is 0.761. The van der Waals surface area contributed by atoms with Crippen LogP contribution >= 0.6 is 0 Å². The molecule has 18 heavy (non-hydrogen) atoms. The molecule has 0 spiro atoms. The number of carbonyl (C=O) groups excluding carboxylic acids is 1. The van der Waals surface area contributed by atoms with Gasteiger partial charge in [0.2, 0.25) is 5.91 Å². The normalized spacial score (nSPS) is 10.4. The van der Waals surface area contributed by atoms with Crippen molar-refractivity contribution in [2.24, 2.45) is 0 Å². The zero-order chi connectivity index (χ0) is 13.4. The Bertz CT molecular complexity index is 363. The highest BCUT2D eigenvalue weighted by Gasteiger charge is 2.00. The Hall–Kier alpha value is -1.62. The summed E-state index contributed by atoms with van der Waals surface area (Å²) in [7, 11) is 1.61. The molecule has 0 saturated heterocycles. The number of nitrogens with zero attached hydrogens (tertiary/aromatic N) is 1. The van der Waals surface area contributed by atoms with Gasteiger partial charge in [0.1, 0.15) is 5.75 Å². The highest BCUT2D eigenvalue weighted by molar-refractivity contribution is 5.75. The van der Waals surface area contributed by atoms with Gasteiger partial charge in [-0.05, 0) is 12.1 Å². The SMILES string of the molecule is CNC(=O)CCOc1ccc(CNC(C)C)nc1. The van der Waals surface area contributed by atoms with Gasteiger partial charge >= 0.3 is 0 Å². The van der Waals surface area contributed by atoms with Gasteiger partial charge in [0, 0.05) is 19.6 Å². The van der Waals surface area contributed by atoms with E-state index >= 15 is 0 Å². The van der Waals surface area contributed by atoms with Crippen molar-refractivity contribution < 1.29 is 9.53 Å². The van der Waals surface area contributed by atoms with Crippen LogP contribution in [0.15, 0.2) is 18.3 Å². The molecular formula is C13H21N3O2. The molecule has 5 nitrogen and oxygen atoms in total. The summed E-state index contributed by atoms with van der Waals surface area (Å²) in [4.78, 5) is 15.3.